The monoisotopic (exact) mass is 324 g/mol. The summed E-state index contributed by atoms with van der Waals surface area (Å²) in [6.45, 7) is 4.03. The number of aryl methyl sites for hydroxylation is 2. The van der Waals surface area contributed by atoms with Gasteiger partial charge in [-0.05, 0) is 32.0 Å². The Hall–Kier alpha value is -2.60. The molecule has 4 aromatic rings. The summed E-state index contributed by atoms with van der Waals surface area (Å²) in [7, 11) is 0. The van der Waals surface area contributed by atoms with Crippen molar-refractivity contribution in [1.29, 1.82) is 0 Å². The number of anilines is 1. The number of fused-ring (bicyclic) bond motifs is 1. The van der Waals surface area contributed by atoms with E-state index < -0.39 is 0 Å². The summed E-state index contributed by atoms with van der Waals surface area (Å²) in [5.41, 5.74) is 3.40. The van der Waals surface area contributed by atoms with Gasteiger partial charge in [-0.3, -0.25) is 0 Å². The van der Waals surface area contributed by atoms with Crippen molar-refractivity contribution in [2.75, 3.05) is 5.32 Å². The number of hydrogen-bond acceptors (Lipinski definition) is 5. The number of furan rings is 1. The third-order valence-electron chi connectivity index (χ3n) is 3.85. The van der Waals surface area contributed by atoms with E-state index in [1.165, 1.54) is 22.3 Å². The molecule has 0 amide bonds. The Morgan fingerprint density at radius 2 is 2.00 bits per heavy atom. The van der Waals surface area contributed by atoms with Crippen LogP contribution in [0.15, 0.2) is 47.1 Å². The van der Waals surface area contributed by atoms with E-state index in [1.807, 2.05) is 31.2 Å². The smallest absolute Gasteiger partial charge is 0.206 e. The summed E-state index contributed by atoms with van der Waals surface area (Å²) in [4.78, 5) is 3.45. The van der Waals surface area contributed by atoms with Crippen LogP contribution in [0.2, 0.25) is 0 Å². The summed E-state index contributed by atoms with van der Waals surface area (Å²) in [5, 5.41) is 14.6. The average Bonchev–Trinajstić information content (AvgIpc) is 3.25. The van der Waals surface area contributed by atoms with Gasteiger partial charge < -0.3 is 14.7 Å². The second-order valence-electron chi connectivity index (χ2n) is 5.43. The molecule has 0 fully saturated rings. The van der Waals surface area contributed by atoms with Crippen LogP contribution in [0.1, 0.15) is 28.1 Å². The Labute approximate surface area is 137 Å². The number of rotatable bonds is 4. The van der Waals surface area contributed by atoms with Crippen LogP contribution in [-0.4, -0.2) is 15.2 Å². The Morgan fingerprint density at radius 3 is 2.74 bits per heavy atom. The zero-order valence-electron chi connectivity index (χ0n) is 12.8. The predicted octanol–water partition coefficient (Wildman–Crippen LogP) is 4.43. The summed E-state index contributed by atoms with van der Waals surface area (Å²) in [6, 6.07) is 12.1. The maximum absolute atomic E-state index is 5.68. The van der Waals surface area contributed by atoms with E-state index in [2.05, 4.69) is 39.6 Å². The first-order chi connectivity index (χ1) is 11.2. The van der Waals surface area contributed by atoms with E-state index in [9.17, 15) is 0 Å². The molecule has 3 heterocycles. The van der Waals surface area contributed by atoms with E-state index in [-0.39, 0.29) is 6.04 Å². The molecule has 2 N–H and O–H groups in total. The molecule has 6 heteroatoms. The molecule has 0 saturated heterocycles. The first-order valence-electron chi connectivity index (χ1n) is 7.39. The topological polar surface area (TPSA) is 66.7 Å². The molecular formula is C17H16N4OS. The van der Waals surface area contributed by atoms with Gasteiger partial charge in [-0.1, -0.05) is 29.5 Å². The first kappa shape index (κ1) is 14.0. The second kappa shape index (κ2) is 5.55. The van der Waals surface area contributed by atoms with Gasteiger partial charge in [0.05, 0.1) is 6.26 Å². The Balaban J connectivity index is 1.85. The molecule has 1 unspecified atom stereocenters. The van der Waals surface area contributed by atoms with E-state index in [0.29, 0.717) is 0 Å². The zero-order chi connectivity index (χ0) is 15.8. The molecule has 3 aromatic heterocycles. The molecule has 0 radical (unpaired) electrons. The quantitative estimate of drug-likeness (QED) is 0.583. The number of H-pyrrole nitrogens is 1. The largest absolute Gasteiger partial charge is 0.467 e. The minimum atomic E-state index is -0.117. The fourth-order valence-corrected chi connectivity index (χ4v) is 3.51. The minimum absolute atomic E-state index is 0.117. The Kier molecular flexibility index (Phi) is 3.38. The van der Waals surface area contributed by atoms with Gasteiger partial charge in [0.2, 0.25) is 5.13 Å². The van der Waals surface area contributed by atoms with Gasteiger partial charge in [-0.25, -0.2) is 0 Å². The van der Waals surface area contributed by atoms with Crippen LogP contribution < -0.4 is 5.32 Å². The van der Waals surface area contributed by atoms with E-state index >= 15 is 0 Å². The average molecular weight is 324 g/mol. The predicted molar refractivity (Wildman–Crippen MR) is 91.9 cm³/mol. The van der Waals surface area contributed by atoms with Gasteiger partial charge in [-0.2, -0.15) is 0 Å². The van der Waals surface area contributed by atoms with E-state index in [4.69, 9.17) is 4.42 Å². The number of hydrogen-bond donors (Lipinski definition) is 2. The highest BCUT2D eigenvalue weighted by Crippen LogP contribution is 2.35. The maximum atomic E-state index is 5.68. The molecule has 0 bridgehead atoms. The normalized spacial score (nSPS) is 12.6. The molecule has 116 valence electrons. The zero-order valence-corrected chi connectivity index (χ0v) is 13.6. The second-order valence-corrected chi connectivity index (χ2v) is 6.61. The van der Waals surface area contributed by atoms with Crippen molar-refractivity contribution < 1.29 is 4.42 Å². The van der Waals surface area contributed by atoms with Crippen molar-refractivity contribution in [3.8, 4) is 0 Å². The van der Waals surface area contributed by atoms with Crippen molar-refractivity contribution in [1.82, 2.24) is 15.2 Å². The lowest BCUT2D eigenvalue weighted by Crippen LogP contribution is -2.12. The van der Waals surface area contributed by atoms with Gasteiger partial charge >= 0.3 is 0 Å². The van der Waals surface area contributed by atoms with Gasteiger partial charge in [0.25, 0.3) is 0 Å². The molecule has 5 nitrogen and oxygen atoms in total. The number of aromatic nitrogens is 3. The van der Waals surface area contributed by atoms with Crippen LogP contribution >= 0.6 is 11.3 Å². The number of nitrogens with zero attached hydrogens (tertiary/aromatic N) is 2. The molecule has 23 heavy (non-hydrogen) atoms. The molecule has 1 atom stereocenters. The molecule has 0 aliphatic rings. The summed E-state index contributed by atoms with van der Waals surface area (Å²) in [5.74, 6) is 0.853. The summed E-state index contributed by atoms with van der Waals surface area (Å²) in [6.07, 6.45) is 1.69. The molecule has 0 aliphatic carbocycles. The highest BCUT2D eigenvalue weighted by atomic mass is 32.1. The van der Waals surface area contributed by atoms with Crippen LogP contribution in [0.4, 0.5) is 5.13 Å². The molecule has 0 spiro atoms. The van der Waals surface area contributed by atoms with Crippen LogP contribution in [0, 0.1) is 13.8 Å². The van der Waals surface area contributed by atoms with Crippen molar-refractivity contribution in [3.05, 3.63) is 64.7 Å². The van der Waals surface area contributed by atoms with Crippen LogP contribution in [0.3, 0.4) is 0 Å². The Bertz CT molecular complexity index is 939. The van der Waals surface area contributed by atoms with E-state index in [0.717, 1.165) is 27.1 Å². The van der Waals surface area contributed by atoms with Gasteiger partial charge in [-0.15, -0.1) is 10.2 Å². The molecule has 4 rings (SSSR count). The maximum Gasteiger partial charge on any atom is 0.206 e. The molecular weight excluding hydrogens is 308 g/mol. The van der Waals surface area contributed by atoms with Crippen LogP contribution in [0.5, 0.6) is 0 Å². The fourth-order valence-electron chi connectivity index (χ4n) is 2.89. The summed E-state index contributed by atoms with van der Waals surface area (Å²) >= 11 is 1.54. The van der Waals surface area contributed by atoms with Crippen LogP contribution in [-0.2, 0) is 0 Å². The van der Waals surface area contributed by atoms with Gasteiger partial charge in [0.1, 0.15) is 16.8 Å². The SMILES string of the molecule is Cc1nnc(NC(c2ccco2)c2c(C)[nH]c3ccccc23)s1. The van der Waals surface area contributed by atoms with Gasteiger partial charge in [0.15, 0.2) is 0 Å². The van der Waals surface area contributed by atoms with Crippen molar-refractivity contribution >= 4 is 27.4 Å². The third-order valence-corrected chi connectivity index (χ3v) is 4.62. The molecule has 0 aliphatic heterocycles. The van der Waals surface area contributed by atoms with Crippen molar-refractivity contribution in [2.45, 2.75) is 19.9 Å². The van der Waals surface area contributed by atoms with E-state index in [1.54, 1.807) is 6.26 Å². The first-order valence-corrected chi connectivity index (χ1v) is 8.21. The van der Waals surface area contributed by atoms with Crippen molar-refractivity contribution in [2.24, 2.45) is 0 Å². The molecule has 1 aromatic carbocycles. The molecule has 0 saturated carbocycles. The lowest BCUT2D eigenvalue weighted by molar-refractivity contribution is 0.499. The highest BCUT2D eigenvalue weighted by molar-refractivity contribution is 7.15. The third kappa shape index (κ3) is 2.51. The minimum Gasteiger partial charge on any atom is -0.467 e. The number of aromatic amines is 1. The lowest BCUT2D eigenvalue weighted by atomic mass is 10.0. The number of benzene rings is 1. The number of nitrogens with one attached hydrogen (secondary N) is 2. The number of para-hydroxylation sites is 1. The van der Waals surface area contributed by atoms with Crippen LogP contribution in [0.25, 0.3) is 10.9 Å². The van der Waals surface area contributed by atoms with Crippen molar-refractivity contribution in [3.63, 3.8) is 0 Å². The van der Waals surface area contributed by atoms with Gasteiger partial charge in [0, 0.05) is 22.2 Å². The highest BCUT2D eigenvalue weighted by Gasteiger charge is 2.24. The summed E-state index contributed by atoms with van der Waals surface area (Å²) < 4.78 is 5.68. The lowest BCUT2D eigenvalue weighted by Gasteiger charge is -2.16. The Morgan fingerprint density at radius 1 is 1.13 bits per heavy atom. The standard InChI is InChI=1S/C17H16N4OS/c1-10-15(12-6-3-4-7-13(12)18-10)16(14-8-5-9-22-14)19-17-21-20-11(2)23-17/h3-9,16,18H,1-2H3,(H,19,21). The fraction of sp³-hybridized carbons (Fsp3) is 0.176.